The maximum absolute atomic E-state index is 13.0. The number of carbonyl (C=O) groups excluding carboxylic acids is 1. The van der Waals surface area contributed by atoms with Gasteiger partial charge in [-0.15, -0.1) is 0 Å². The topological polar surface area (TPSA) is 80.0 Å². The number of aliphatic hydroxyl groups is 1. The number of ether oxygens (including phenoxy) is 1. The summed E-state index contributed by atoms with van der Waals surface area (Å²) in [5, 5.41) is 11.7. The Labute approximate surface area is 189 Å². The lowest BCUT2D eigenvalue weighted by molar-refractivity contribution is -0.145. The van der Waals surface area contributed by atoms with Crippen LogP contribution < -0.4 is 10.4 Å². The van der Waals surface area contributed by atoms with Gasteiger partial charge in [0.2, 0.25) is 0 Å². The Kier molecular flexibility index (Phi) is 6.89. The number of unbranched alkanes of at least 4 members (excludes halogenated alkanes) is 2. The minimum atomic E-state index is -0.604. The molecule has 2 aliphatic rings. The van der Waals surface area contributed by atoms with Crippen LogP contribution in [0.1, 0.15) is 69.4 Å². The van der Waals surface area contributed by atoms with Crippen molar-refractivity contribution in [2.75, 3.05) is 19.7 Å². The predicted octanol–water partition coefficient (Wildman–Crippen LogP) is 4.37. The zero-order valence-corrected chi connectivity index (χ0v) is 19.3. The average Bonchev–Trinajstić information content (AvgIpc) is 2.76. The van der Waals surface area contributed by atoms with Crippen molar-refractivity contribution in [3.63, 3.8) is 0 Å². The molecule has 6 nitrogen and oxygen atoms in total. The highest BCUT2D eigenvalue weighted by Gasteiger charge is 2.43. The number of nitrogens with zero attached hydrogens (tertiary/aromatic N) is 1. The molecule has 6 heteroatoms. The molecule has 1 aromatic heterocycles. The molecule has 2 fully saturated rings. The Morgan fingerprint density at radius 1 is 1.25 bits per heavy atom. The smallest absolute Gasteiger partial charge is 0.336 e. The van der Waals surface area contributed by atoms with Gasteiger partial charge in [0.1, 0.15) is 11.3 Å². The summed E-state index contributed by atoms with van der Waals surface area (Å²) in [5.74, 6) is 0.695. The molecule has 0 unspecified atom stereocenters. The Morgan fingerprint density at radius 3 is 2.91 bits per heavy atom. The molecule has 4 rings (SSSR count). The third kappa shape index (κ3) is 4.85. The second kappa shape index (κ2) is 9.65. The number of hydrogen-bond donors (Lipinski definition) is 1. The van der Waals surface area contributed by atoms with Crippen LogP contribution >= 0.6 is 0 Å². The molecule has 0 bridgehead atoms. The van der Waals surface area contributed by atoms with Crippen molar-refractivity contribution in [3.8, 4) is 5.75 Å². The number of amides is 1. The van der Waals surface area contributed by atoms with E-state index < -0.39 is 5.60 Å². The fraction of sp³-hybridized carbons (Fsp3) is 0.615. The van der Waals surface area contributed by atoms with Crippen LogP contribution in [-0.4, -0.2) is 41.2 Å². The summed E-state index contributed by atoms with van der Waals surface area (Å²) in [5.41, 5.74) is 1.38. The van der Waals surface area contributed by atoms with Crippen molar-refractivity contribution in [1.82, 2.24) is 4.90 Å². The first-order valence-electron chi connectivity index (χ1n) is 12.1. The molecule has 2 aromatic rings. The summed E-state index contributed by atoms with van der Waals surface area (Å²) in [6, 6.07) is 5.31. The Balaban J connectivity index is 1.51. The van der Waals surface area contributed by atoms with E-state index in [4.69, 9.17) is 9.15 Å². The van der Waals surface area contributed by atoms with Gasteiger partial charge < -0.3 is 19.2 Å². The molecule has 1 aliphatic carbocycles. The van der Waals surface area contributed by atoms with Gasteiger partial charge in [0, 0.05) is 25.1 Å². The van der Waals surface area contributed by atoms with Crippen molar-refractivity contribution >= 4 is 16.9 Å². The van der Waals surface area contributed by atoms with E-state index in [-0.39, 0.29) is 24.1 Å². The number of benzene rings is 1. The van der Waals surface area contributed by atoms with E-state index in [1.54, 1.807) is 6.07 Å². The summed E-state index contributed by atoms with van der Waals surface area (Å²) in [7, 11) is 0. The van der Waals surface area contributed by atoms with Crippen LogP contribution in [0.5, 0.6) is 5.75 Å². The van der Waals surface area contributed by atoms with E-state index in [9.17, 15) is 14.7 Å². The first kappa shape index (κ1) is 22.8. The van der Waals surface area contributed by atoms with E-state index in [1.807, 2.05) is 24.0 Å². The summed E-state index contributed by atoms with van der Waals surface area (Å²) in [4.78, 5) is 26.9. The van der Waals surface area contributed by atoms with Crippen molar-refractivity contribution in [1.29, 1.82) is 0 Å². The number of fused-ring (bicyclic) bond motifs is 2. The lowest BCUT2D eigenvalue weighted by atomic mass is 9.71. The largest absolute Gasteiger partial charge is 0.483 e. The Bertz CT molecular complexity index is 1030. The molecule has 32 heavy (non-hydrogen) atoms. The number of aryl methyl sites for hydroxylation is 2. The normalized spacial score (nSPS) is 23.2. The standard InChI is InChI=1S/C26H35NO5/c1-3-4-5-8-19-15-24(29)32-22-14-18(2)13-21(25(19)22)31-17-23(28)27-12-11-26(30)10-7-6-9-20(26)16-27/h13-15,20,30H,3-12,16-17H2,1-2H3/t20-,26+/m0/s1. The molecule has 1 amide bonds. The van der Waals surface area contributed by atoms with Crippen LogP contribution in [0.3, 0.4) is 0 Å². The third-order valence-electron chi connectivity index (χ3n) is 7.22. The predicted molar refractivity (Wildman–Crippen MR) is 124 cm³/mol. The molecule has 1 N–H and O–H groups in total. The van der Waals surface area contributed by atoms with Gasteiger partial charge in [0.05, 0.1) is 11.0 Å². The summed E-state index contributed by atoms with van der Waals surface area (Å²) in [6.07, 6.45) is 8.60. The van der Waals surface area contributed by atoms with Gasteiger partial charge in [-0.25, -0.2) is 4.79 Å². The maximum atomic E-state index is 13.0. The van der Waals surface area contributed by atoms with Crippen molar-refractivity contribution in [2.24, 2.45) is 5.92 Å². The maximum Gasteiger partial charge on any atom is 0.336 e. The van der Waals surface area contributed by atoms with Gasteiger partial charge in [-0.2, -0.15) is 0 Å². The van der Waals surface area contributed by atoms with Gasteiger partial charge in [-0.3, -0.25) is 4.79 Å². The first-order valence-corrected chi connectivity index (χ1v) is 12.1. The molecular weight excluding hydrogens is 406 g/mol. The minimum Gasteiger partial charge on any atom is -0.483 e. The van der Waals surface area contributed by atoms with Gasteiger partial charge in [-0.05, 0) is 62.3 Å². The molecule has 0 spiro atoms. The van der Waals surface area contributed by atoms with Gasteiger partial charge in [0.15, 0.2) is 6.61 Å². The van der Waals surface area contributed by atoms with E-state index in [1.165, 1.54) is 0 Å². The molecule has 1 aliphatic heterocycles. The Hall–Kier alpha value is -2.34. The van der Waals surface area contributed by atoms with Crippen LogP contribution in [-0.2, 0) is 11.2 Å². The fourth-order valence-electron chi connectivity index (χ4n) is 5.37. The minimum absolute atomic E-state index is 0.0582. The number of rotatable bonds is 7. The average molecular weight is 442 g/mol. The molecule has 1 saturated carbocycles. The zero-order chi connectivity index (χ0) is 22.7. The molecule has 174 valence electrons. The van der Waals surface area contributed by atoms with E-state index in [2.05, 4.69) is 6.92 Å². The van der Waals surface area contributed by atoms with Crippen LogP contribution in [0.25, 0.3) is 11.0 Å². The number of piperidine rings is 1. The van der Waals surface area contributed by atoms with Crippen molar-refractivity contribution < 1.29 is 19.1 Å². The van der Waals surface area contributed by atoms with Crippen molar-refractivity contribution in [2.45, 2.75) is 77.2 Å². The monoisotopic (exact) mass is 441 g/mol. The molecule has 1 saturated heterocycles. The summed E-state index contributed by atoms with van der Waals surface area (Å²) < 4.78 is 11.5. The quantitative estimate of drug-likeness (QED) is 0.510. The molecule has 2 heterocycles. The molecule has 1 aromatic carbocycles. The summed E-state index contributed by atoms with van der Waals surface area (Å²) >= 11 is 0. The third-order valence-corrected chi connectivity index (χ3v) is 7.22. The van der Waals surface area contributed by atoms with E-state index in [0.717, 1.165) is 67.9 Å². The number of likely N-dealkylation sites (tertiary alicyclic amines) is 1. The SMILES string of the molecule is CCCCCc1cc(=O)oc2cc(C)cc(OCC(=O)N3CC[C@]4(O)CCCC[C@H]4C3)c12. The van der Waals surface area contributed by atoms with Crippen LogP contribution in [0.15, 0.2) is 27.4 Å². The lowest BCUT2D eigenvalue weighted by Gasteiger charge is -2.47. The second-order valence-electron chi connectivity index (χ2n) is 9.61. The number of hydrogen-bond acceptors (Lipinski definition) is 5. The van der Waals surface area contributed by atoms with Gasteiger partial charge in [-0.1, -0.05) is 32.6 Å². The first-order chi connectivity index (χ1) is 15.4. The van der Waals surface area contributed by atoms with Crippen LogP contribution in [0.4, 0.5) is 0 Å². The molecule has 0 radical (unpaired) electrons. The lowest BCUT2D eigenvalue weighted by Crippen LogP contribution is -2.55. The number of carbonyl (C=O) groups is 1. The van der Waals surface area contributed by atoms with Crippen LogP contribution in [0, 0.1) is 12.8 Å². The second-order valence-corrected chi connectivity index (χ2v) is 9.61. The van der Waals surface area contributed by atoms with E-state index >= 15 is 0 Å². The van der Waals surface area contributed by atoms with E-state index in [0.29, 0.717) is 30.8 Å². The molecular formula is C26H35NO5. The Morgan fingerprint density at radius 2 is 2.09 bits per heavy atom. The highest BCUT2D eigenvalue weighted by Crippen LogP contribution is 2.40. The highest BCUT2D eigenvalue weighted by molar-refractivity contribution is 5.88. The fourth-order valence-corrected chi connectivity index (χ4v) is 5.37. The van der Waals surface area contributed by atoms with Crippen LogP contribution in [0.2, 0.25) is 0 Å². The zero-order valence-electron chi connectivity index (χ0n) is 19.3. The van der Waals surface area contributed by atoms with Gasteiger partial charge in [0.25, 0.3) is 5.91 Å². The van der Waals surface area contributed by atoms with Crippen molar-refractivity contribution in [3.05, 3.63) is 39.7 Å². The van der Waals surface area contributed by atoms with Gasteiger partial charge >= 0.3 is 5.63 Å². The molecule has 2 atom stereocenters. The highest BCUT2D eigenvalue weighted by atomic mass is 16.5. The summed E-state index contributed by atoms with van der Waals surface area (Å²) in [6.45, 7) is 5.19.